The molecule has 0 radical (unpaired) electrons. The van der Waals surface area contributed by atoms with E-state index < -0.39 is 0 Å². The van der Waals surface area contributed by atoms with E-state index in [0.29, 0.717) is 22.3 Å². The predicted octanol–water partition coefficient (Wildman–Crippen LogP) is 3.68. The van der Waals surface area contributed by atoms with Gasteiger partial charge in [0.25, 0.3) is 5.91 Å². The Morgan fingerprint density at radius 3 is 2.86 bits per heavy atom. The molecule has 2 rings (SSSR count). The van der Waals surface area contributed by atoms with Crippen LogP contribution in [-0.2, 0) is 4.79 Å². The van der Waals surface area contributed by atoms with Crippen molar-refractivity contribution in [3.8, 4) is 5.75 Å². The number of nitrogens with one attached hydrogen (secondary N) is 1. The summed E-state index contributed by atoms with van der Waals surface area (Å²) < 4.78 is 5.35. The molecule has 4 nitrogen and oxygen atoms in total. The molecular formula is C15H14Cl2N2O2S. The largest absolute Gasteiger partial charge is 0.482 e. The summed E-state index contributed by atoms with van der Waals surface area (Å²) in [5.41, 5.74) is 0. The number of rotatable bonds is 7. The zero-order valence-electron chi connectivity index (χ0n) is 11.6. The Morgan fingerprint density at radius 2 is 2.14 bits per heavy atom. The maximum atomic E-state index is 11.7. The molecule has 0 atom stereocenters. The molecule has 1 heterocycles. The lowest BCUT2D eigenvalue weighted by molar-refractivity contribution is -0.122. The van der Waals surface area contributed by atoms with Gasteiger partial charge in [0.1, 0.15) is 5.75 Å². The van der Waals surface area contributed by atoms with Gasteiger partial charge in [-0.25, -0.2) is 4.98 Å². The number of hydrogen-bond donors (Lipinski definition) is 1. The number of benzene rings is 1. The van der Waals surface area contributed by atoms with E-state index in [2.05, 4.69) is 10.3 Å². The number of pyridine rings is 1. The molecule has 0 saturated heterocycles. The first-order chi connectivity index (χ1) is 10.6. The smallest absolute Gasteiger partial charge is 0.257 e. The molecule has 0 fully saturated rings. The van der Waals surface area contributed by atoms with Crippen molar-refractivity contribution in [1.29, 1.82) is 0 Å². The van der Waals surface area contributed by atoms with E-state index in [1.54, 1.807) is 36.2 Å². The summed E-state index contributed by atoms with van der Waals surface area (Å²) >= 11 is 13.3. The number of aromatic nitrogens is 1. The number of halogens is 2. The van der Waals surface area contributed by atoms with Crippen LogP contribution < -0.4 is 10.1 Å². The maximum absolute atomic E-state index is 11.7. The van der Waals surface area contributed by atoms with Gasteiger partial charge in [0, 0.05) is 23.5 Å². The summed E-state index contributed by atoms with van der Waals surface area (Å²) in [6.07, 6.45) is 1.74. The molecule has 1 aromatic carbocycles. The second kappa shape index (κ2) is 8.88. The lowest BCUT2D eigenvalue weighted by atomic mass is 10.3. The van der Waals surface area contributed by atoms with Gasteiger partial charge in [0.05, 0.1) is 10.0 Å². The Kier molecular flexibility index (Phi) is 6.83. The number of ether oxygens (including phenoxy) is 1. The van der Waals surface area contributed by atoms with Gasteiger partial charge in [-0.05, 0) is 30.3 Å². The second-order valence-corrected chi connectivity index (χ2v) is 6.19. The Morgan fingerprint density at radius 1 is 1.27 bits per heavy atom. The number of nitrogens with zero attached hydrogens (tertiary/aromatic N) is 1. The standard InChI is InChI=1S/C15H14Cl2N2O2S/c16-11-4-5-13(12(17)9-11)21-10-14(20)18-7-8-22-15-3-1-2-6-19-15/h1-6,9H,7-8,10H2,(H,18,20). The fraction of sp³-hybridized carbons (Fsp3) is 0.200. The van der Waals surface area contributed by atoms with E-state index in [0.717, 1.165) is 10.8 Å². The van der Waals surface area contributed by atoms with Crippen molar-refractivity contribution in [3.63, 3.8) is 0 Å². The van der Waals surface area contributed by atoms with Crippen LogP contribution >= 0.6 is 35.0 Å². The van der Waals surface area contributed by atoms with Gasteiger partial charge in [0.15, 0.2) is 6.61 Å². The number of carbonyl (C=O) groups excluding carboxylic acids is 1. The van der Waals surface area contributed by atoms with Crippen molar-refractivity contribution in [2.24, 2.45) is 0 Å². The molecule has 1 amide bonds. The first-order valence-electron chi connectivity index (χ1n) is 6.53. The fourth-order valence-corrected chi connectivity index (χ4v) is 2.75. The van der Waals surface area contributed by atoms with Crippen LogP contribution in [0, 0.1) is 0 Å². The molecule has 116 valence electrons. The highest BCUT2D eigenvalue weighted by molar-refractivity contribution is 7.99. The maximum Gasteiger partial charge on any atom is 0.257 e. The number of hydrogen-bond acceptors (Lipinski definition) is 4. The average Bonchev–Trinajstić information content (AvgIpc) is 2.52. The SMILES string of the molecule is O=C(COc1ccc(Cl)cc1Cl)NCCSc1ccccn1. The van der Waals surface area contributed by atoms with E-state index in [1.807, 2.05) is 18.2 Å². The average molecular weight is 357 g/mol. The van der Waals surface area contributed by atoms with Crippen LogP contribution in [0.25, 0.3) is 0 Å². The lowest BCUT2D eigenvalue weighted by Gasteiger charge is -2.08. The van der Waals surface area contributed by atoms with Crippen LogP contribution in [0.3, 0.4) is 0 Å². The van der Waals surface area contributed by atoms with Gasteiger partial charge in [-0.2, -0.15) is 0 Å². The summed E-state index contributed by atoms with van der Waals surface area (Å²) in [7, 11) is 0. The Labute approximate surface area is 143 Å². The van der Waals surface area contributed by atoms with Crippen LogP contribution in [0.2, 0.25) is 10.0 Å². The minimum Gasteiger partial charge on any atom is -0.482 e. The Hall–Kier alpha value is -1.43. The zero-order valence-corrected chi connectivity index (χ0v) is 13.9. The molecule has 0 spiro atoms. The van der Waals surface area contributed by atoms with E-state index in [4.69, 9.17) is 27.9 Å². The van der Waals surface area contributed by atoms with Crippen molar-refractivity contribution < 1.29 is 9.53 Å². The summed E-state index contributed by atoms with van der Waals surface area (Å²) in [5.74, 6) is 0.974. The van der Waals surface area contributed by atoms with Gasteiger partial charge in [-0.15, -0.1) is 11.8 Å². The highest BCUT2D eigenvalue weighted by Gasteiger charge is 2.06. The normalized spacial score (nSPS) is 10.3. The first-order valence-corrected chi connectivity index (χ1v) is 8.27. The van der Waals surface area contributed by atoms with Crippen LogP contribution in [0.4, 0.5) is 0 Å². The van der Waals surface area contributed by atoms with Crippen molar-refractivity contribution >= 4 is 40.9 Å². The molecular weight excluding hydrogens is 343 g/mol. The van der Waals surface area contributed by atoms with Crippen LogP contribution in [0.5, 0.6) is 5.75 Å². The predicted molar refractivity (Wildman–Crippen MR) is 89.9 cm³/mol. The molecule has 1 aromatic heterocycles. The van der Waals surface area contributed by atoms with Crippen LogP contribution in [-0.4, -0.2) is 29.8 Å². The number of amides is 1. The quantitative estimate of drug-likeness (QED) is 0.607. The van der Waals surface area contributed by atoms with Crippen molar-refractivity contribution in [2.75, 3.05) is 18.9 Å². The van der Waals surface area contributed by atoms with Gasteiger partial charge >= 0.3 is 0 Å². The topological polar surface area (TPSA) is 51.2 Å². The first kappa shape index (κ1) is 16.9. The van der Waals surface area contributed by atoms with Crippen LogP contribution in [0.15, 0.2) is 47.6 Å². The molecule has 1 N–H and O–H groups in total. The third-order valence-corrected chi connectivity index (χ3v) is 4.04. The molecule has 0 saturated carbocycles. The molecule has 2 aromatic rings. The summed E-state index contributed by atoms with van der Waals surface area (Å²) in [5, 5.41) is 4.61. The van der Waals surface area contributed by atoms with Gasteiger partial charge in [-0.1, -0.05) is 29.3 Å². The molecule has 7 heteroatoms. The van der Waals surface area contributed by atoms with Gasteiger partial charge in [-0.3, -0.25) is 4.79 Å². The molecule has 0 bridgehead atoms. The fourth-order valence-electron chi connectivity index (χ4n) is 1.57. The molecule has 0 aliphatic carbocycles. The van der Waals surface area contributed by atoms with E-state index in [-0.39, 0.29) is 12.5 Å². The third-order valence-electron chi connectivity index (χ3n) is 2.56. The Balaban J connectivity index is 1.65. The summed E-state index contributed by atoms with van der Waals surface area (Å²) in [6.45, 7) is 0.452. The minimum atomic E-state index is -0.201. The van der Waals surface area contributed by atoms with E-state index in [1.165, 1.54) is 0 Å². The van der Waals surface area contributed by atoms with Crippen LogP contribution in [0.1, 0.15) is 0 Å². The van der Waals surface area contributed by atoms with Crippen molar-refractivity contribution in [2.45, 2.75) is 5.03 Å². The molecule has 0 aliphatic heterocycles. The van der Waals surface area contributed by atoms with E-state index in [9.17, 15) is 4.79 Å². The van der Waals surface area contributed by atoms with Gasteiger partial charge in [0.2, 0.25) is 0 Å². The third kappa shape index (κ3) is 5.75. The summed E-state index contributed by atoms with van der Waals surface area (Å²) in [4.78, 5) is 15.9. The molecule has 0 aliphatic rings. The highest BCUT2D eigenvalue weighted by atomic mass is 35.5. The zero-order chi connectivity index (χ0) is 15.8. The Bertz CT molecular complexity index is 626. The highest BCUT2D eigenvalue weighted by Crippen LogP contribution is 2.27. The van der Waals surface area contributed by atoms with E-state index >= 15 is 0 Å². The van der Waals surface area contributed by atoms with Gasteiger partial charge < -0.3 is 10.1 Å². The number of carbonyl (C=O) groups is 1. The molecule has 0 unspecified atom stereocenters. The lowest BCUT2D eigenvalue weighted by Crippen LogP contribution is -2.30. The van der Waals surface area contributed by atoms with Crippen molar-refractivity contribution in [1.82, 2.24) is 10.3 Å². The minimum absolute atomic E-state index is 0.0877. The second-order valence-electron chi connectivity index (χ2n) is 4.23. The molecule has 22 heavy (non-hydrogen) atoms. The monoisotopic (exact) mass is 356 g/mol. The number of thioether (sulfide) groups is 1. The van der Waals surface area contributed by atoms with Crippen molar-refractivity contribution in [3.05, 3.63) is 52.6 Å². The summed E-state index contributed by atoms with van der Waals surface area (Å²) in [6, 6.07) is 10.6.